The molecule has 2 aliphatic rings. The topological polar surface area (TPSA) is 3.24 Å². The molecular formula is C49H37NS. The number of anilines is 3. The maximum atomic E-state index is 2.48. The Labute approximate surface area is 303 Å². The summed E-state index contributed by atoms with van der Waals surface area (Å²) in [6.45, 7) is 4.71. The molecule has 8 aromatic rings. The monoisotopic (exact) mass is 671 g/mol. The van der Waals surface area contributed by atoms with Gasteiger partial charge in [0, 0.05) is 31.8 Å². The van der Waals surface area contributed by atoms with E-state index in [-0.39, 0.29) is 5.41 Å². The fourth-order valence-corrected chi connectivity index (χ4v) is 9.81. The molecule has 0 atom stereocenters. The van der Waals surface area contributed by atoms with E-state index in [9.17, 15) is 0 Å². The number of rotatable bonds is 5. The van der Waals surface area contributed by atoms with Crippen molar-refractivity contribution >= 4 is 55.3 Å². The van der Waals surface area contributed by atoms with Gasteiger partial charge in [0.05, 0.1) is 5.69 Å². The highest BCUT2D eigenvalue weighted by Gasteiger charge is 2.35. The van der Waals surface area contributed by atoms with Crippen molar-refractivity contribution in [3.05, 3.63) is 179 Å². The molecule has 0 unspecified atom stereocenters. The Morgan fingerprint density at radius 1 is 0.569 bits per heavy atom. The number of hydrogen-bond donors (Lipinski definition) is 0. The van der Waals surface area contributed by atoms with Crippen LogP contribution in [0.4, 0.5) is 17.1 Å². The summed E-state index contributed by atoms with van der Waals surface area (Å²) in [5.74, 6) is 0. The van der Waals surface area contributed by atoms with Gasteiger partial charge in [0.2, 0.25) is 0 Å². The molecule has 0 radical (unpaired) electrons. The van der Waals surface area contributed by atoms with Gasteiger partial charge < -0.3 is 4.90 Å². The molecule has 0 N–H and O–H groups in total. The zero-order valence-electron chi connectivity index (χ0n) is 28.9. The Balaban J connectivity index is 1.12. The second-order valence-electron chi connectivity index (χ2n) is 14.4. The lowest BCUT2D eigenvalue weighted by molar-refractivity contribution is 0.660. The first-order valence-electron chi connectivity index (χ1n) is 18.0. The Hall–Kier alpha value is -5.70. The van der Waals surface area contributed by atoms with Gasteiger partial charge >= 0.3 is 0 Å². The predicted molar refractivity (Wildman–Crippen MR) is 220 cm³/mol. The van der Waals surface area contributed by atoms with E-state index in [1.807, 2.05) is 11.3 Å². The van der Waals surface area contributed by atoms with Crippen molar-refractivity contribution in [3.63, 3.8) is 0 Å². The van der Waals surface area contributed by atoms with Crippen LogP contribution in [0, 0.1) is 0 Å². The molecule has 0 bridgehead atoms. The number of thiophene rings is 1. The van der Waals surface area contributed by atoms with E-state index in [4.69, 9.17) is 0 Å². The average Bonchev–Trinajstić information content (AvgIpc) is 3.67. The molecule has 2 aliphatic carbocycles. The molecule has 10 rings (SSSR count). The Bertz CT molecular complexity index is 2670. The Kier molecular flexibility index (Phi) is 6.91. The summed E-state index contributed by atoms with van der Waals surface area (Å²) in [5.41, 5.74) is 15.5. The number of hydrogen-bond acceptors (Lipinski definition) is 2. The molecule has 51 heavy (non-hydrogen) atoms. The lowest BCUT2D eigenvalue weighted by Gasteiger charge is -2.28. The fourth-order valence-electron chi connectivity index (χ4n) is 8.60. The molecule has 1 aromatic heterocycles. The zero-order chi connectivity index (χ0) is 34.1. The van der Waals surface area contributed by atoms with Gasteiger partial charge in [0.15, 0.2) is 0 Å². The van der Waals surface area contributed by atoms with Gasteiger partial charge in [-0.25, -0.2) is 0 Å². The van der Waals surface area contributed by atoms with Crippen molar-refractivity contribution in [2.45, 2.75) is 32.1 Å². The van der Waals surface area contributed by atoms with Crippen LogP contribution in [-0.4, -0.2) is 0 Å². The molecule has 244 valence electrons. The smallest absolute Gasteiger partial charge is 0.0551 e. The quantitative estimate of drug-likeness (QED) is 0.176. The minimum atomic E-state index is -0.0265. The van der Waals surface area contributed by atoms with Crippen molar-refractivity contribution in [2.24, 2.45) is 0 Å². The van der Waals surface area contributed by atoms with Gasteiger partial charge in [-0.3, -0.25) is 0 Å². The van der Waals surface area contributed by atoms with Gasteiger partial charge in [-0.1, -0.05) is 129 Å². The lowest BCUT2D eigenvalue weighted by atomic mass is 9.81. The van der Waals surface area contributed by atoms with Crippen LogP contribution in [0.1, 0.15) is 41.8 Å². The van der Waals surface area contributed by atoms with Crippen molar-refractivity contribution in [2.75, 3.05) is 4.90 Å². The molecular weight excluding hydrogens is 635 g/mol. The summed E-state index contributed by atoms with van der Waals surface area (Å²) in [7, 11) is 0. The molecule has 0 fully saturated rings. The molecule has 1 nitrogen and oxygen atoms in total. The summed E-state index contributed by atoms with van der Waals surface area (Å²) in [4.78, 5) is 3.87. The third-order valence-electron chi connectivity index (χ3n) is 11.1. The van der Waals surface area contributed by atoms with Crippen LogP contribution in [0.25, 0.3) is 60.3 Å². The highest BCUT2D eigenvalue weighted by atomic mass is 32.1. The molecule has 0 spiro atoms. The van der Waals surface area contributed by atoms with Crippen LogP contribution in [0.5, 0.6) is 0 Å². The summed E-state index contributed by atoms with van der Waals surface area (Å²) in [5, 5.41) is 3.91. The van der Waals surface area contributed by atoms with Crippen molar-refractivity contribution in [1.29, 1.82) is 0 Å². The van der Waals surface area contributed by atoms with E-state index in [1.165, 1.54) is 81.5 Å². The summed E-state index contributed by atoms with van der Waals surface area (Å²) in [6.07, 6.45) is 6.80. The predicted octanol–water partition coefficient (Wildman–Crippen LogP) is 14.1. The third kappa shape index (κ3) is 4.82. The molecule has 0 amide bonds. The largest absolute Gasteiger partial charge is 0.310 e. The first-order chi connectivity index (χ1) is 25.0. The maximum absolute atomic E-state index is 2.48. The third-order valence-corrected chi connectivity index (χ3v) is 12.3. The van der Waals surface area contributed by atoms with Gasteiger partial charge in [0.1, 0.15) is 0 Å². The van der Waals surface area contributed by atoms with Crippen molar-refractivity contribution in [1.82, 2.24) is 0 Å². The van der Waals surface area contributed by atoms with Crippen molar-refractivity contribution < 1.29 is 0 Å². The Morgan fingerprint density at radius 2 is 1.31 bits per heavy atom. The van der Waals surface area contributed by atoms with Crippen LogP contribution < -0.4 is 4.90 Å². The highest BCUT2D eigenvalue weighted by molar-refractivity contribution is 7.20. The number of aryl methyl sites for hydroxylation is 1. The summed E-state index contributed by atoms with van der Waals surface area (Å²) >= 11 is 1.91. The minimum Gasteiger partial charge on any atom is -0.310 e. The molecule has 0 aliphatic heterocycles. The fraction of sp³-hybridized carbons (Fsp3) is 0.102. The second-order valence-corrected chi connectivity index (χ2v) is 15.5. The summed E-state index contributed by atoms with van der Waals surface area (Å²) < 4.78 is 1.35. The number of nitrogens with zero attached hydrogens (tertiary/aromatic N) is 1. The normalized spacial score (nSPS) is 14.0. The maximum Gasteiger partial charge on any atom is 0.0551 e. The molecule has 2 heteroatoms. The van der Waals surface area contributed by atoms with E-state index < -0.39 is 0 Å². The van der Waals surface area contributed by atoms with Gasteiger partial charge in [-0.15, -0.1) is 11.3 Å². The number of fused-ring (bicyclic) bond motifs is 7. The van der Waals surface area contributed by atoms with Gasteiger partial charge in [0.25, 0.3) is 0 Å². The van der Waals surface area contributed by atoms with Crippen LogP contribution in [0.2, 0.25) is 0 Å². The lowest BCUT2D eigenvalue weighted by Crippen LogP contribution is -2.14. The number of benzene rings is 7. The Morgan fingerprint density at radius 3 is 2.24 bits per heavy atom. The molecule has 7 aromatic carbocycles. The van der Waals surface area contributed by atoms with E-state index in [0.29, 0.717) is 0 Å². The summed E-state index contributed by atoms with van der Waals surface area (Å²) in [6, 6.07) is 56.4. The van der Waals surface area contributed by atoms with Crippen LogP contribution in [0.15, 0.2) is 158 Å². The highest BCUT2D eigenvalue weighted by Crippen LogP contribution is 2.50. The second kappa shape index (κ2) is 11.7. The van der Waals surface area contributed by atoms with E-state index in [0.717, 1.165) is 24.2 Å². The zero-order valence-corrected chi connectivity index (χ0v) is 29.7. The standard InChI is InChI=1S/C49H37NS/c1-49(2)43-20-7-5-17-40(43)41-29-26-34(31-44(41)49)32-24-27-36(28-25-32)50(45-21-11-23-47-48(45)42-18-6-8-22-46(42)51-47)37-15-9-14-35(30-37)39-19-10-13-33-12-3-4-16-38(33)39/h3-5,7-17,19-31H,6,18H2,1-2H3. The van der Waals surface area contributed by atoms with Crippen LogP contribution in [-0.2, 0) is 11.8 Å². The minimum absolute atomic E-state index is 0.0265. The molecule has 0 saturated carbocycles. The van der Waals surface area contributed by atoms with Crippen molar-refractivity contribution in [3.8, 4) is 33.4 Å². The molecule has 0 saturated heterocycles. The van der Waals surface area contributed by atoms with Crippen LogP contribution >= 0.6 is 11.3 Å². The van der Waals surface area contributed by atoms with Crippen LogP contribution in [0.3, 0.4) is 0 Å². The van der Waals surface area contributed by atoms with E-state index >= 15 is 0 Å². The van der Waals surface area contributed by atoms with E-state index in [1.54, 1.807) is 0 Å². The molecule has 1 heterocycles. The first kappa shape index (κ1) is 30.2. The van der Waals surface area contributed by atoms with E-state index in [2.05, 4.69) is 183 Å². The average molecular weight is 672 g/mol. The van der Waals surface area contributed by atoms with Gasteiger partial charge in [-0.05, 0) is 122 Å². The number of allylic oxidation sites excluding steroid dienone is 1. The SMILES string of the molecule is CC1(C)c2ccccc2-c2ccc(-c3ccc(N(c4cccc(-c5cccc6ccccc56)c4)c4cccc5sc6c(c45)CCC=C6)cc3)cc21. The van der Waals surface area contributed by atoms with Gasteiger partial charge in [-0.2, -0.15) is 0 Å². The first-order valence-corrected chi connectivity index (χ1v) is 18.8.